The minimum absolute atomic E-state index is 0.122. The van der Waals surface area contributed by atoms with E-state index < -0.39 is 5.41 Å². The summed E-state index contributed by atoms with van der Waals surface area (Å²) in [5.41, 5.74) is 1.51. The van der Waals surface area contributed by atoms with E-state index in [1.54, 1.807) is 0 Å². The van der Waals surface area contributed by atoms with Gasteiger partial charge in [-0.1, -0.05) is 45.2 Å². The van der Waals surface area contributed by atoms with E-state index in [0.717, 1.165) is 62.7 Å². The van der Waals surface area contributed by atoms with Crippen LogP contribution in [0.1, 0.15) is 70.8 Å². The van der Waals surface area contributed by atoms with Crippen LogP contribution in [-0.4, -0.2) is 18.4 Å². The van der Waals surface area contributed by atoms with Gasteiger partial charge in [0.05, 0.1) is 5.41 Å². The molecule has 2 amide bonds. The molecule has 3 rings (SSSR count). The van der Waals surface area contributed by atoms with Crippen molar-refractivity contribution >= 4 is 17.5 Å². The second-order valence-electron chi connectivity index (χ2n) is 8.42. The highest BCUT2D eigenvalue weighted by molar-refractivity contribution is 5.94. The second kappa shape index (κ2) is 8.24. The molecule has 1 aromatic carbocycles. The molecule has 2 saturated carbocycles. The molecular formula is C22H32N2O2. The van der Waals surface area contributed by atoms with Gasteiger partial charge in [0.15, 0.2) is 0 Å². The normalized spacial score (nSPS) is 19.2. The molecule has 0 radical (unpaired) electrons. The minimum Gasteiger partial charge on any atom is -0.355 e. The Morgan fingerprint density at radius 1 is 1.08 bits per heavy atom. The van der Waals surface area contributed by atoms with Gasteiger partial charge in [0.1, 0.15) is 0 Å². The van der Waals surface area contributed by atoms with Gasteiger partial charge in [-0.2, -0.15) is 0 Å². The van der Waals surface area contributed by atoms with Crippen molar-refractivity contribution in [3.05, 3.63) is 29.8 Å². The predicted octanol–water partition coefficient (Wildman–Crippen LogP) is 4.40. The van der Waals surface area contributed by atoms with E-state index in [1.165, 1.54) is 6.42 Å². The molecule has 2 fully saturated rings. The molecule has 2 aliphatic rings. The zero-order chi connectivity index (χ0) is 18.6. The first-order valence-electron chi connectivity index (χ1n) is 10.2. The van der Waals surface area contributed by atoms with E-state index >= 15 is 0 Å². The van der Waals surface area contributed by atoms with E-state index in [1.807, 2.05) is 24.3 Å². The number of rotatable bonds is 7. The fourth-order valence-corrected chi connectivity index (χ4v) is 3.91. The number of benzene rings is 1. The maximum absolute atomic E-state index is 13.1. The molecule has 0 heterocycles. The molecule has 0 aliphatic heterocycles. The zero-order valence-corrected chi connectivity index (χ0v) is 16.1. The van der Waals surface area contributed by atoms with Crippen molar-refractivity contribution in [2.24, 2.45) is 11.8 Å². The Labute approximate surface area is 157 Å². The van der Waals surface area contributed by atoms with Gasteiger partial charge in [0.25, 0.3) is 0 Å². The summed E-state index contributed by atoms with van der Waals surface area (Å²) in [4.78, 5) is 25.0. The number of anilines is 1. The smallest absolute Gasteiger partial charge is 0.230 e. The summed E-state index contributed by atoms with van der Waals surface area (Å²) >= 11 is 0. The van der Waals surface area contributed by atoms with Crippen LogP contribution in [-0.2, 0) is 15.0 Å². The van der Waals surface area contributed by atoms with E-state index in [9.17, 15) is 9.59 Å². The number of carbonyl (C=O) groups excluding carboxylic acids is 2. The van der Waals surface area contributed by atoms with Crippen LogP contribution in [0.5, 0.6) is 0 Å². The number of nitrogens with one attached hydrogen (secondary N) is 2. The van der Waals surface area contributed by atoms with E-state index in [0.29, 0.717) is 5.92 Å². The molecule has 0 aromatic heterocycles. The molecule has 1 aromatic rings. The Morgan fingerprint density at radius 2 is 1.73 bits per heavy atom. The van der Waals surface area contributed by atoms with Gasteiger partial charge >= 0.3 is 0 Å². The third-order valence-corrected chi connectivity index (χ3v) is 5.80. The second-order valence-corrected chi connectivity index (χ2v) is 8.42. The molecule has 4 nitrogen and oxygen atoms in total. The van der Waals surface area contributed by atoms with E-state index in [-0.39, 0.29) is 17.7 Å². The monoisotopic (exact) mass is 356 g/mol. The lowest BCUT2D eigenvalue weighted by molar-refractivity contribution is -0.128. The minimum atomic E-state index is -0.408. The molecule has 0 spiro atoms. The Bertz CT molecular complexity index is 626. The summed E-state index contributed by atoms with van der Waals surface area (Å²) in [7, 11) is 0. The molecule has 4 heteroatoms. The van der Waals surface area contributed by atoms with Gasteiger partial charge in [-0.15, -0.1) is 0 Å². The molecule has 2 N–H and O–H groups in total. The lowest BCUT2D eigenvalue weighted by Gasteiger charge is -2.36. The van der Waals surface area contributed by atoms with Crippen molar-refractivity contribution in [3.8, 4) is 0 Å². The Hall–Kier alpha value is -1.84. The maximum atomic E-state index is 13.1. The van der Waals surface area contributed by atoms with Crippen LogP contribution in [0.3, 0.4) is 0 Å². The van der Waals surface area contributed by atoms with Crippen molar-refractivity contribution in [3.63, 3.8) is 0 Å². The lowest BCUT2D eigenvalue weighted by atomic mass is 9.68. The number of carbonyl (C=O) groups is 2. The van der Waals surface area contributed by atoms with Crippen LogP contribution in [0.25, 0.3) is 0 Å². The van der Waals surface area contributed by atoms with Crippen LogP contribution in [0, 0.1) is 11.8 Å². The van der Waals surface area contributed by atoms with Gasteiger partial charge in [-0.25, -0.2) is 0 Å². The molecular weight excluding hydrogens is 324 g/mol. The van der Waals surface area contributed by atoms with Crippen molar-refractivity contribution in [2.75, 3.05) is 11.9 Å². The van der Waals surface area contributed by atoms with Gasteiger partial charge in [-0.05, 0) is 55.7 Å². The van der Waals surface area contributed by atoms with Crippen molar-refractivity contribution in [1.82, 2.24) is 5.32 Å². The van der Waals surface area contributed by atoms with Crippen LogP contribution < -0.4 is 10.6 Å². The highest BCUT2D eigenvalue weighted by Gasteiger charge is 2.40. The van der Waals surface area contributed by atoms with Gasteiger partial charge in [0.2, 0.25) is 11.8 Å². The number of hydrogen-bond donors (Lipinski definition) is 2. The van der Waals surface area contributed by atoms with Gasteiger partial charge < -0.3 is 10.6 Å². The first-order valence-corrected chi connectivity index (χ1v) is 10.2. The van der Waals surface area contributed by atoms with E-state index in [4.69, 9.17) is 0 Å². The fourth-order valence-electron chi connectivity index (χ4n) is 3.91. The zero-order valence-electron chi connectivity index (χ0n) is 16.1. The first kappa shape index (κ1) is 18.9. The van der Waals surface area contributed by atoms with Crippen LogP contribution in [0.2, 0.25) is 0 Å². The Kier molecular flexibility index (Phi) is 6.00. The largest absolute Gasteiger partial charge is 0.355 e. The standard InChI is InChI=1S/C22H32N2O2/c1-16(2)12-15-23-21(26)22(13-4-3-5-14-22)18-8-10-19(11-9-18)24-20(25)17-6-7-17/h8-11,16-17H,3-7,12-15H2,1-2H3,(H,23,26)(H,24,25). The summed E-state index contributed by atoms with van der Waals surface area (Å²) in [6, 6.07) is 7.98. The highest BCUT2D eigenvalue weighted by Crippen LogP contribution is 2.40. The maximum Gasteiger partial charge on any atom is 0.230 e. The van der Waals surface area contributed by atoms with Gasteiger partial charge in [-0.3, -0.25) is 9.59 Å². The summed E-state index contributed by atoms with van der Waals surface area (Å²) in [5, 5.41) is 6.17. The Balaban J connectivity index is 1.71. The SMILES string of the molecule is CC(C)CCNC(=O)C1(c2ccc(NC(=O)C3CC3)cc2)CCCCC1. The van der Waals surface area contributed by atoms with Gasteiger partial charge in [0, 0.05) is 18.2 Å². The third-order valence-electron chi connectivity index (χ3n) is 5.80. The number of hydrogen-bond acceptors (Lipinski definition) is 2. The average molecular weight is 357 g/mol. The Morgan fingerprint density at radius 3 is 2.31 bits per heavy atom. The van der Waals surface area contributed by atoms with Crippen molar-refractivity contribution in [1.29, 1.82) is 0 Å². The summed E-state index contributed by atoms with van der Waals surface area (Å²) < 4.78 is 0. The molecule has 0 bridgehead atoms. The molecule has 0 atom stereocenters. The summed E-state index contributed by atoms with van der Waals surface area (Å²) in [6.07, 6.45) is 8.23. The van der Waals surface area contributed by atoms with Crippen LogP contribution in [0.15, 0.2) is 24.3 Å². The summed E-state index contributed by atoms with van der Waals surface area (Å²) in [6.45, 7) is 5.10. The third kappa shape index (κ3) is 4.46. The van der Waals surface area contributed by atoms with Crippen LogP contribution >= 0.6 is 0 Å². The van der Waals surface area contributed by atoms with Crippen LogP contribution in [0.4, 0.5) is 5.69 Å². The van der Waals surface area contributed by atoms with Crippen molar-refractivity contribution < 1.29 is 9.59 Å². The topological polar surface area (TPSA) is 58.2 Å². The average Bonchev–Trinajstić information content (AvgIpc) is 3.48. The highest BCUT2D eigenvalue weighted by atomic mass is 16.2. The summed E-state index contributed by atoms with van der Waals surface area (Å²) in [5.74, 6) is 1.09. The molecule has 142 valence electrons. The number of amides is 2. The predicted molar refractivity (Wildman–Crippen MR) is 105 cm³/mol. The molecule has 26 heavy (non-hydrogen) atoms. The molecule has 2 aliphatic carbocycles. The fraction of sp³-hybridized carbons (Fsp3) is 0.636. The molecule has 0 saturated heterocycles. The van der Waals surface area contributed by atoms with E-state index in [2.05, 4.69) is 24.5 Å². The molecule has 0 unspecified atom stereocenters. The quantitative estimate of drug-likeness (QED) is 0.761. The lowest BCUT2D eigenvalue weighted by Crippen LogP contribution is -2.46. The van der Waals surface area contributed by atoms with Crippen molar-refractivity contribution in [2.45, 2.75) is 70.6 Å². The first-order chi connectivity index (χ1) is 12.5.